The van der Waals surface area contributed by atoms with Crippen molar-refractivity contribution in [1.82, 2.24) is 4.98 Å². The van der Waals surface area contributed by atoms with Crippen molar-refractivity contribution in [3.05, 3.63) is 82.6 Å². The van der Waals surface area contributed by atoms with E-state index < -0.39 is 0 Å². The smallest absolute Gasteiger partial charge is 0.274 e. The third kappa shape index (κ3) is 4.04. The van der Waals surface area contributed by atoms with Gasteiger partial charge in [-0.2, -0.15) is 0 Å². The average Bonchev–Trinajstić information content (AvgIpc) is 2.60. The molecule has 0 spiro atoms. The Morgan fingerprint density at radius 2 is 1.71 bits per heavy atom. The lowest BCUT2D eigenvalue weighted by Gasteiger charge is -2.09. The number of nitrogens with one attached hydrogen (secondary N) is 2. The number of hydrogen-bond acceptors (Lipinski definition) is 3. The quantitative estimate of drug-likeness (QED) is 0.658. The second kappa shape index (κ2) is 7.34. The van der Waals surface area contributed by atoms with Gasteiger partial charge in [0.05, 0.1) is 22.6 Å². The topological polar surface area (TPSA) is 54.0 Å². The van der Waals surface area contributed by atoms with Gasteiger partial charge in [0.15, 0.2) is 0 Å². The molecule has 0 aliphatic heterocycles. The van der Waals surface area contributed by atoms with Crippen LogP contribution >= 0.6 is 23.2 Å². The van der Waals surface area contributed by atoms with Gasteiger partial charge in [-0.25, -0.2) is 4.98 Å². The van der Waals surface area contributed by atoms with Gasteiger partial charge < -0.3 is 10.6 Å². The molecule has 0 aliphatic carbocycles. The average molecular weight is 358 g/mol. The highest BCUT2D eigenvalue weighted by molar-refractivity contribution is 6.35. The molecule has 3 aromatic rings. The summed E-state index contributed by atoms with van der Waals surface area (Å²) >= 11 is 12.1. The molecule has 0 bridgehead atoms. The minimum absolute atomic E-state index is 0.270. The summed E-state index contributed by atoms with van der Waals surface area (Å²) < 4.78 is 0. The third-order valence-corrected chi connectivity index (χ3v) is 3.80. The number of amides is 1. The van der Waals surface area contributed by atoms with Crippen LogP contribution in [0.3, 0.4) is 0 Å². The number of hydrogen-bond donors (Lipinski definition) is 2. The highest BCUT2D eigenvalue weighted by atomic mass is 35.5. The molecule has 0 fully saturated rings. The van der Waals surface area contributed by atoms with Crippen molar-refractivity contribution in [1.29, 1.82) is 0 Å². The molecule has 2 aromatic carbocycles. The van der Waals surface area contributed by atoms with Crippen molar-refractivity contribution >= 4 is 46.2 Å². The van der Waals surface area contributed by atoms with Crippen molar-refractivity contribution < 1.29 is 4.79 Å². The summed E-state index contributed by atoms with van der Waals surface area (Å²) in [7, 11) is 0. The van der Waals surface area contributed by atoms with Crippen LogP contribution in [0.15, 0.2) is 66.9 Å². The van der Waals surface area contributed by atoms with E-state index in [1.54, 1.807) is 36.5 Å². The Balaban J connectivity index is 1.71. The van der Waals surface area contributed by atoms with Crippen LogP contribution in [-0.4, -0.2) is 10.9 Å². The Bertz CT molecular complexity index is 852. The van der Waals surface area contributed by atoms with Gasteiger partial charge in [0, 0.05) is 10.7 Å². The number of para-hydroxylation sites is 1. The molecule has 0 saturated carbocycles. The summed E-state index contributed by atoms with van der Waals surface area (Å²) in [6.07, 6.45) is 1.57. The van der Waals surface area contributed by atoms with Crippen LogP contribution in [0.4, 0.5) is 17.1 Å². The molecule has 1 heterocycles. The fourth-order valence-corrected chi connectivity index (χ4v) is 2.40. The van der Waals surface area contributed by atoms with E-state index in [2.05, 4.69) is 15.6 Å². The monoisotopic (exact) mass is 357 g/mol. The first-order chi connectivity index (χ1) is 11.6. The Hall–Kier alpha value is -2.56. The van der Waals surface area contributed by atoms with Gasteiger partial charge in [0.1, 0.15) is 5.69 Å². The highest BCUT2D eigenvalue weighted by Crippen LogP contribution is 2.28. The van der Waals surface area contributed by atoms with Crippen molar-refractivity contribution in [3.63, 3.8) is 0 Å². The summed E-state index contributed by atoms with van der Waals surface area (Å²) in [5.41, 5.74) is 2.42. The first-order valence-electron chi connectivity index (χ1n) is 7.16. The van der Waals surface area contributed by atoms with Gasteiger partial charge in [-0.1, -0.05) is 41.4 Å². The van der Waals surface area contributed by atoms with Crippen LogP contribution in [0, 0.1) is 0 Å². The largest absolute Gasteiger partial charge is 0.353 e. The van der Waals surface area contributed by atoms with Gasteiger partial charge in [-0.05, 0) is 42.5 Å². The zero-order chi connectivity index (χ0) is 16.9. The van der Waals surface area contributed by atoms with Gasteiger partial charge in [0.25, 0.3) is 5.91 Å². The molecular weight excluding hydrogens is 345 g/mol. The summed E-state index contributed by atoms with van der Waals surface area (Å²) in [4.78, 5) is 16.3. The lowest BCUT2D eigenvalue weighted by molar-refractivity contribution is 0.102. The zero-order valence-electron chi connectivity index (χ0n) is 12.5. The lowest BCUT2D eigenvalue weighted by atomic mass is 10.2. The molecular formula is C18H13Cl2N3O. The Labute approximate surface area is 149 Å². The fraction of sp³-hybridized carbons (Fsp3) is 0. The molecule has 0 saturated heterocycles. The maximum absolute atomic E-state index is 12.1. The van der Waals surface area contributed by atoms with Crippen molar-refractivity contribution in [2.24, 2.45) is 0 Å². The minimum atomic E-state index is -0.270. The van der Waals surface area contributed by atoms with E-state index in [9.17, 15) is 4.79 Å². The van der Waals surface area contributed by atoms with Crippen molar-refractivity contribution in [3.8, 4) is 0 Å². The summed E-state index contributed by atoms with van der Waals surface area (Å²) in [6.45, 7) is 0. The normalized spacial score (nSPS) is 10.2. The Morgan fingerprint density at radius 3 is 2.42 bits per heavy atom. The maximum Gasteiger partial charge on any atom is 0.274 e. The maximum atomic E-state index is 12.1. The van der Waals surface area contributed by atoms with Gasteiger partial charge in [-0.3, -0.25) is 4.79 Å². The van der Waals surface area contributed by atoms with Crippen LogP contribution in [0.2, 0.25) is 10.0 Å². The molecule has 0 radical (unpaired) electrons. The molecule has 0 unspecified atom stereocenters. The first kappa shape index (κ1) is 16.3. The minimum Gasteiger partial charge on any atom is -0.353 e. The van der Waals surface area contributed by atoms with Crippen molar-refractivity contribution in [2.45, 2.75) is 0 Å². The van der Waals surface area contributed by atoms with E-state index in [1.165, 1.54) is 0 Å². The third-order valence-electron chi connectivity index (χ3n) is 3.24. The molecule has 24 heavy (non-hydrogen) atoms. The van der Waals surface area contributed by atoms with E-state index in [1.807, 2.05) is 30.3 Å². The number of halogens is 2. The summed E-state index contributed by atoms with van der Waals surface area (Å²) in [5.74, 6) is -0.270. The molecule has 120 valence electrons. The summed E-state index contributed by atoms with van der Waals surface area (Å²) in [6, 6.07) is 17.8. The number of carbonyl (C=O) groups excluding carboxylic acids is 1. The number of pyridine rings is 1. The van der Waals surface area contributed by atoms with E-state index in [0.29, 0.717) is 27.1 Å². The van der Waals surface area contributed by atoms with Crippen LogP contribution in [0.5, 0.6) is 0 Å². The Morgan fingerprint density at radius 1 is 0.917 bits per heavy atom. The van der Waals surface area contributed by atoms with Crippen LogP contribution in [-0.2, 0) is 0 Å². The van der Waals surface area contributed by atoms with E-state index >= 15 is 0 Å². The molecule has 0 aliphatic rings. The van der Waals surface area contributed by atoms with Crippen LogP contribution in [0.25, 0.3) is 0 Å². The molecule has 3 rings (SSSR count). The number of aromatic nitrogens is 1. The number of carbonyl (C=O) groups is 1. The lowest BCUT2D eigenvalue weighted by Crippen LogP contribution is -2.13. The number of nitrogens with zero attached hydrogens (tertiary/aromatic N) is 1. The molecule has 0 atom stereocenters. The molecule has 1 amide bonds. The van der Waals surface area contributed by atoms with Crippen LogP contribution < -0.4 is 10.6 Å². The molecule has 2 N–H and O–H groups in total. The second-order valence-corrected chi connectivity index (χ2v) is 5.85. The van der Waals surface area contributed by atoms with Gasteiger partial charge >= 0.3 is 0 Å². The molecule has 4 nitrogen and oxygen atoms in total. The standard InChI is InChI=1S/C18H13Cl2N3O/c19-12-6-8-15(20)17(10-12)22-14-7-9-16(21-11-14)18(24)23-13-4-2-1-3-5-13/h1-11,22H,(H,23,24). The second-order valence-electron chi connectivity index (χ2n) is 5.00. The Kier molecular flexibility index (Phi) is 4.99. The van der Waals surface area contributed by atoms with E-state index in [4.69, 9.17) is 23.2 Å². The highest BCUT2D eigenvalue weighted by Gasteiger charge is 2.08. The predicted molar refractivity (Wildman–Crippen MR) is 98.4 cm³/mol. The van der Waals surface area contributed by atoms with E-state index in [-0.39, 0.29) is 5.91 Å². The van der Waals surface area contributed by atoms with Crippen LogP contribution in [0.1, 0.15) is 10.5 Å². The SMILES string of the molecule is O=C(Nc1ccccc1)c1ccc(Nc2cc(Cl)ccc2Cl)cn1. The fourth-order valence-electron chi connectivity index (χ4n) is 2.07. The van der Waals surface area contributed by atoms with Crippen molar-refractivity contribution in [2.75, 3.05) is 10.6 Å². The molecule has 1 aromatic heterocycles. The summed E-state index contributed by atoms with van der Waals surface area (Å²) in [5, 5.41) is 7.03. The zero-order valence-corrected chi connectivity index (χ0v) is 14.0. The van der Waals surface area contributed by atoms with E-state index in [0.717, 1.165) is 5.69 Å². The number of anilines is 3. The molecule has 6 heteroatoms. The van der Waals surface area contributed by atoms with Gasteiger partial charge in [-0.15, -0.1) is 0 Å². The van der Waals surface area contributed by atoms with Gasteiger partial charge in [0.2, 0.25) is 0 Å². The first-order valence-corrected chi connectivity index (χ1v) is 7.92. The number of rotatable bonds is 4. The predicted octanol–water partition coefficient (Wildman–Crippen LogP) is 5.38. The number of benzene rings is 2.